The lowest BCUT2D eigenvalue weighted by Gasteiger charge is -2.42. The number of likely N-dealkylation sites (tertiary alicyclic amines) is 1. The summed E-state index contributed by atoms with van der Waals surface area (Å²) < 4.78 is 47.0. The number of alkyl halides is 2. The van der Waals surface area contributed by atoms with Gasteiger partial charge >= 0.3 is 6.09 Å². The fourth-order valence-electron chi connectivity index (χ4n) is 6.25. The monoisotopic (exact) mass is 583 g/mol. The molecule has 0 radical (unpaired) electrons. The number of hydrogen-bond acceptors (Lipinski definition) is 7. The summed E-state index contributed by atoms with van der Waals surface area (Å²) in [7, 11) is 0. The van der Waals surface area contributed by atoms with Crippen LogP contribution in [0.4, 0.5) is 13.6 Å². The van der Waals surface area contributed by atoms with Crippen LogP contribution < -0.4 is 4.74 Å². The third kappa shape index (κ3) is 5.81. The molecule has 2 fully saturated rings. The highest BCUT2D eigenvalue weighted by atomic mass is 19.3. The Balaban J connectivity index is 1.23. The maximum Gasteiger partial charge on any atom is 0.410 e. The van der Waals surface area contributed by atoms with Crippen LogP contribution in [-0.2, 0) is 15.9 Å². The number of hydrogen-bond donors (Lipinski definition) is 0. The lowest BCUT2D eigenvalue weighted by molar-refractivity contribution is -0.0366. The number of aromatic nitrogens is 3. The summed E-state index contributed by atoms with van der Waals surface area (Å²) in [6.45, 7) is 8.75. The molecule has 0 aliphatic carbocycles. The van der Waals surface area contributed by atoms with E-state index in [0.717, 1.165) is 47.9 Å². The molecule has 0 bridgehead atoms. The minimum atomic E-state index is -2.47. The number of halogens is 2. The van der Waals surface area contributed by atoms with Crippen LogP contribution in [0.5, 0.6) is 5.75 Å². The number of carbonyl (C=O) groups excluding carboxylic acids is 1. The van der Waals surface area contributed by atoms with E-state index in [-0.39, 0.29) is 31.0 Å². The fourth-order valence-corrected chi connectivity index (χ4v) is 6.25. The Kier molecular flexibility index (Phi) is 7.82. The molecule has 3 aliphatic rings. The second kappa shape index (κ2) is 11.4. The molecule has 1 aromatic carbocycles. The molecule has 9 nitrogen and oxygen atoms in total. The third-order valence-electron chi connectivity index (χ3n) is 8.24. The zero-order valence-electron chi connectivity index (χ0n) is 24.6. The Morgan fingerprint density at radius 3 is 2.62 bits per heavy atom. The van der Waals surface area contributed by atoms with E-state index in [1.807, 2.05) is 67.7 Å². The van der Waals surface area contributed by atoms with Crippen molar-refractivity contribution in [2.75, 3.05) is 26.2 Å². The van der Waals surface area contributed by atoms with Crippen molar-refractivity contribution in [1.29, 1.82) is 0 Å². The van der Waals surface area contributed by atoms with Crippen LogP contribution in [-0.4, -0.2) is 81.1 Å². The van der Waals surface area contributed by atoms with Crippen molar-refractivity contribution in [2.24, 2.45) is 0 Å². The highest BCUT2D eigenvalue weighted by Crippen LogP contribution is 2.41. The normalized spacial score (nSPS) is 23.6. The van der Waals surface area contributed by atoms with E-state index in [1.165, 1.54) is 0 Å². The van der Waals surface area contributed by atoms with E-state index in [2.05, 4.69) is 0 Å². The van der Waals surface area contributed by atoms with E-state index >= 15 is 0 Å². The summed E-state index contributed by atoms with van der Waals surface area (Å²) in [5.74, 6) is 0.571. The van der Waals surface area contributed by atoms with Crippen LogP contribution in [0.1, 0.15) is 76.0 Å². The van der Waals surface area contributed by atoms with Gasteiger partial charge in [0, 0.05) is 18.0 Å². The lowest BCUT2D eigenvalue weighted by Crippen LogP contribution is -2.57. The average molecular weight is 584 g/mol. The molecule has 0 N–H and O–H groups in total. The molecule has 226 valence electrons. The highest BCUT2D eigenvalue weighted by molar-refractivity contribution is 5.84. The number of rotatable bonds is 6. The molecule has 6 rings (SSSR count). The maximum absolute atomic E-state index is 13.8. The Morgan fingerprint density at radius 2 is 1.95 bits per heavy atom. The van der Waals surface area contributed by atoms with Crippen LogP contribution in [0.15, 0.2) is 36.7 Å². The Labute approximate surface area is 244 Å². The van der Waals surface area contributed by atoms with Gasteiger partial charge in [-0.3, -0.25) is 9.88 Å². The van der Waals surface area contributed by atoms with Gasteiger partial charge in [0.2, 0.25) is 0 Å². The predicted molar refractivity (Wildman–Crippen MR) is 153 cm³/mol. The van der Waals surface area contributed by atoms with Gasteiger partial charge in [-0.15, -0.1) is 0 Å². The first kappa shape index (κ1) is 28.8. The summed E-state index contributed by atoms with van der Waals surface area (Å²) in [4.78, 5) is 20.4. The van der Waals surface area contributed by atoms with Crippen molar-refractivity contribution in [2.45, 2.75) is 89.8 Å². The van der Waals surface area contributed by atoms with Gasteiger partial charge in [-0.25, -0.2) is 18.3 Å². The topological polar surface area (TPSA) is 82.0 Å². The first-order valence-electron chi connectivity index (χ1n) is 14.8. The van der Waals surface area contributed by atoms with Gasteiger partial charge in [0.1, 0.15) is 17.5 Å². The molecule has 11 heteroatoms. The SMILES string of the molecule is C[C@@H]1Cc2c(ccc3c2cnn3C2CCCCO2)[C@@H](c2ccc(OC3CN(C(=O)OC(C)(C)C)C3)cn2)N1CC(F)F. The van der Waals surface area contributed by atoms with Gasteiger partial charge in [-0.1, -0.05) is 6.07 Å². The first-order chi connectivity index (χ1) is 20.1. The largest absolute Gasteiger partial charge is 0.485 e. The van der Waals surface area contributed by atoms with Crippen molar-refractivity contribution in [3.05, 3.63) is 53.5 Å². The van der Waals surface area contributed by atoms with Gasteiger partial charge in [-0.05, 0) is 82.7 Å². The van der Waals surface area contributed by atoms with Gasteiger partial charge in [0.25, 0.3) is 6.43 Å². The smallest absolute Gasteiger partial charge is 0.410 e. The third-order valence-corrected chi connectivity index (χ3v) is 8.24. The molecule has 0 spiro atoms. The predicted octanol–water partition coefficient (Wildman–Crippen LogP) is 5.73. The molecule has 2 saturated heterocycles. The molecule has 3 atom stereocenters. The Bertz CT molecular complexity index is 1410. The number of fused-ring (bicyclic) bond motifs is 3. The quantitative estimate of drug-likeness (QED) is 0.367. The Hall–Kier alpha value is -3.31. The highest BCUT2D eigenvalue weighted by Gasteiger charge is 2.38. The van der Waals surface area contributed by atoms with E-state index in [0.29, 0.717) is 31.0 Å². The van der Waals surface area contributed by atoms with Gasteiger partial charge in [0.05, 0.1) is 49.3 Å². The van der Waals surface area contributed by atoms with Crippen molar-refractivity contribution in [3.8, 4) is 5.75 Å². The zero-order chi connectivity index (χ0) is 29.6. The second-order valence-corrected chi connectivity index (χ2v) is 12.6. The van der Waals surface area contributed by atoms with Crippen molar-refractivity contribution < 1.29 is 27.8 Å². The number of nitrogens with zero attached hydrogens (tertiary/aromatic N) is 5. The maximum atomic E-state index is 13.8. The summed E-state index contributed by atoms with van der Waals surface area (Å²) in [6.07, 6.45) is 4.20. The van der Waals surface area contributed by atoms with Crippen molar-refractivity contribution in [3.63, 3.8) is 0 Å². The van der Waals surface area contributed by atoms with E-state index < -0.39 is 18.1 Å². The molecule has 0 saturated carbocycles. The number of benzene rings is 1. The van der Waals surface area contributed by atoms with Crippen molar-refractivity contribution in [1.82, 2.24) is 24.6 Å². The minimum Gasteiger partial charge on any atom is -0.485 e. The van der Waals surface area contributed by atoms with Gasteiger partial charge in [0.15, 0.2) is 6.23 Å². The molecular weight excluding hydrogens is 544 g/mol. The van der Waals surface area contributed by atoms with Crippen LogP contribution >= 0.6 is 0 Å². The molecule has 2 aromatic heterocycles. The zero-order valence-corrected chi connectivity index (χ0v) is 24.6. The number of ether oxygens (including phenoxy) is 3. The number of carbonyl (C=O) groups is 1. The van der Waals surface area contributed by atoms with Crippen LogP contribution in [0.2, 0.25) is 0 Å². The first-order valence-corrected chi connectivity index (χ1v) is 14.8. The van der Waals surface area contributed by atoms with E-state index in [4.69, 9.17) is 24.3 Å². The minimum absolute atomic E-state index is 0.0810. The Morgan fingerprint density at radius 1 is 1.14 bits per heavy atom. The van der Waals surface area contributed by atoms with Gasteiger partial charge in [-0.2, -0.15) is 5.10 Å². The second-order valence-electron chi connectivity index (χ2n) is 12.6. The summed E-state index contributed by atoms with van der Waals surface area (Å²) in [5, 5.41) is 5.73. The number of pyridine rings is 1. The lowest BCUT2D eigenvalue weighted by atomic mass is 9.85. The van der Waals surface area contributed by atoms with E-state index in [9.17, 15) is 13.6 Å². The summed E-state index contributed by atoms with van der Waals surface area (Å²) in [6, 6.07) is 7.20. The molecule has 3 aliphatic heterocycles. The molecule has 42 heavy (non-hydrogen) atoms. The van der Waals surface area contributed by atoms with E-state index in [1.54, 1.807) is 11.1 Å². The van der Waals surface area contributed by atoms with Gasteiger partial charge < -0.3 is 19.1 Å². The summed E-state index contributed by atoms with van der Waals surface area (Å²) in [5.41, 5.74) is 3.23. The molecule has 1 unspecified atom stereocenters. The van der Waals surface area contributed by atoms with Crippen LogP contribution in [0.25, 0.3) is 10.9 Å². The molecular formula is C31H39F2N5O4. The van der Waals surface area contributed by atoms with Crippen LogP contribution in [0.3, 0.4) is 0 Å². The average Bonchev–Trinajstić information content (AvgIpc) is 3.35. The number of amides is 1. The van der Waals surface area contributed by atoms with Crippen LogP contribution in [0, 0.1) is 0 Å². The molecule has 1 amide bonds. The standard InChI is InChI=1S/C31H39F2N5O4/c1-19-13-23-22(9-11-26-24(23)15-35-38(26)28-7-5-6-12-40-28)29(37(19)18-27(32)33)25-10-8-20(14-34-25)41-21-16-36(17-21)30(39)42-31(2,3)4/h8-11,14-15,19,21,27-29H,5-7,12-13,16-18H2,1-4H3/t19-,28?,29+/m1/s1. The molecule has 3 aromatic rings. The summed E-state index contributed by atoms with van der Waals surface area (Å²) >= 11 is 0. The van der Waals surface area contributed by atoms with Crippen molar-refractivity contribution >= 4 is 17.0 Å². The fraction of sp³-hybridized carbons (Fsp3) is 0.581. The molecule has 5 heterocycles.